The summed E-state index contributed by atoms with van der Waals surface area (Å²) in [7, 11) is -2.15. The standard InChI is InChI=1S/C16H16N2O5S/c1-23-12-2-4-13(5-3-12)24(21,22)18-7-6-14-11(10-18)8-17-9-15(14)16(19)20/h2-5,8-9H,6-7,10H2,1H3,(H,19,20). The molecule has 0 saturated heterocycles. The fraction of sp³-hybridized carbons (Fsp3) is 0.250. The summed E-state index contributed by atoms with van der Waals surface area (Å²) in [6.45, 7) is 0.337. The molecule has 2 heterocycles. The molecule has 3 rings (SSSR count). The second kappa shape index (κ2) is 6.21. The van der Waals surface area contributed by atoms with Crippen LogP contribution in [0.3, 0.4) is 0 Å². The lowest BCUT2D eigenvalue weighted by atomic mass is 9.98. The van der Waals surface area contributed by atoms with Crippen LogP contribution in [0.5, 0.6) is 5.75 Å². The number of rotatable bonds is 4. The number of hydrogen-bond acceptors (Lipinski definition) is 5. The topological polar surface area (TPSA) is 96.8 Å². The summed E-state index contributed by atoms with van der Waals surface area (Å²) in [6.07, 6.45) is 3.17. The summed E-state index contributed by atoms with van der Waals surface area (Å²) < 4.78 is 31.9. The summed E-state index contributed by atoms with van der Waals surface area (Å²) in [5, 5.41) is 9.21. The van der Waals surface area contributed by atoms with Crippen molar-refractivity contribution in [1.29, 1.82) is 0 Å². The van der Waals surface area contributed by atoms with E-state index in [4.69, 9.17) is 4.74 Å². The van der Waals surface area contributed by atoms with Gasteiger partial charge in [0.1, 0.15) is 5.75 Å². The van der Waals surface area contributed by atoms with Crippen LogP contribution in [0, 0.1) is 0 Å². The lowest BCUT2D eigenvalue weighted by Gasteiger charge is -2.28. The monoisotopic (exact) mass is 348 g/mol. The van der Waals surface area contributed by atoms with E-state index in [2.05, 4.69) is 4.98 Å². The molecule has 1 aromatic carbocycles. The van der Waals surface area contributed by atoms with Crippen LogP contribution < -0.4 is 4.74 Å². The minimum Gasteiger partial charge on any atom is -0.497 e. The molecule has 1 aliphatic rings. The fourth-order valence-electron chi connectivity index (χ4n) is 2.75. The van der Waals surface area contributed by atoms with Crippen LogP contribution in [0.4, 0.5) is 0 Å². The summed E-state index contributed by atoms with van der Waals surface area (Å²) in [5.74, 6) is -0.473. The molecule has 1 aliphatic heterocycles. The Hall–Kier alpha value is -2.45. The zero-order chi connectivity index (χ0) is 17.3. The summed E-state index contributed by atoms with van der Waals surface area (Å²) in [6, 6.07) is 6.18. The number of carboxylic acids is 1. The molecule has 0 bridgehead atoms. The fourth-order valence-corrected chi connectivity index (χ4v) is 4.17. The normalized spacial score (nSPS) is 14.9. The number of nitrogens with zero attached hydrogens (tertiary/aromatic N) is 2. The summed E-state index contributed by atoms with van der Waals surface area (Å²) in [5.41, 5.74) is 1.41. The number of aromatic carboxylic acids is 1. The van der Waals surface area contributed by atoms with Gasteiger partial charge in [-0.05, 0) is 41.8 Å². The van der Waals surface area contributed by atoms with Gasteiger partial charge in [0.15, 0.2) is 0 Å². The van der Waals surface area contributed by atoms with E-state index in [0.29, 0.717) is 23.3 Å². The lowest BCUT2D eigenvalue weighted by Crippen LogP contribution is -2.36. The Labute approximate surface area is 139 Å². The van der Waals surface area contributed by atoms with Crippen LogP contribution >= 0.6 is 0 Å². The van der Waals surface area contributed by atoms with Crippen molar-refractivity contribution >= 4 is 16.0 Å². The van der Waals surface area contributed by atoms with Crippen LogP contribution in [0.2, 0.25) is 0 Å². The molecule has 24 heavy (non-hydrogen) atoms. The number of carbonyl (C=O) groups is 1. The van der Waals surface area contributed by atoms with E-state index in [9.17, 15) is 18.3 Å². The number of sulfonamides is 1. The third-order valence-electron chi connectivity index (χ3n) is 4.03. The third-order valence-corrected chi connectivity index (χ3v) is 5.89. The highest BCUT2D eigenvalue weighted by Crippen LogP contribution is 2.27. The third kappa shape index (κ3) is 2.85. The minimum atomic E-state index is -3.66. The van der Waals surface area contributed by atoms with Gasteiger partial charge in [-0.2, -0.15) is 4.31 Å². The highest BCUT2D eigenvalue weighted by atomic mass is 32.2. The molecule has 0 spiro atoms. The molecule has 0 radical (unpaired) electrons. The van der Waals surface area contributed by atoms with Gasteiger partial charge in [-0.25, -0.2) is 13.2 Å². The Morgan fingerprint density at radius 1 is 1.25 bits per heavy atom. The maximum atomic E-state index is 12.8. The maximum Gasteiger partial charge on any atom is 0.337 e. The van der Waals surface area contributed by atoms with Crippen molar-refractivity contribution in [2.24, 2.45) is 0 Å². The van der Waals surface area contributed by atoms with Gasteiger partial charge in [0.2, 0.25) is 10.0 Å². The number of methoxy groups -OCH3 is 1. The average molecular weight is 348 g/mol. The van der Waals surface area contributed by atoms with Gasteiger partial charge < -0.3 is 9.84 Å². The van der Waals surface area contributed by atoms with Crippen molar-refractivity contribution in [1.82, 2.24) is 9.29 Å². The van der Waals surface area contributed by atoms with Gasteiger partial charge in [0, 0.05) is 25.5 Å². The van der Waals surface area contributed by atoms with Gasteiger partial charge >= 0.3 is 5.97 Å². The average Bonchev–Trinajstić information content (AvgIpc) is 2.60. The second-order valence-electron chi connectivity index (χ2n) is 5.39. The van der Waals surface area contributed by atoms with Gasteiger partial charge in [-0.1, -0.05) is 0 Å². The van der Waals surface area contributed by atoms with Crippen molar-refractivity contribution < 1.29 is 23.1 Å². The van der Waals surface area contributed by atoms with Crippen LogP contribution in [-0.4, -0.2) is 42.4 Å². The number of hydrogen-bond donors (Lipinski definition) is 1. The first-order valence-corrected chi connectivity index (χ1v) is 8.70. The van der Waals surface area contributed by atoms with Gasteiger partial charge in [0.05, 0.1) is 17.6 Å². The zero-order valence-electron chi connectivity index (χ0n) is 13.0. The molecule has 0 fully saturated rings. The van der Waals surface area contributed by atoms with Crippen molar-refractivity contribution in [2.45, 2.75) is 17.9 Å². The minimum absolute atomic E-state index is 0.109. The summed E-state index contributed by atoms with van der Waals surface area (Å²) in [4.78, 5) is 15.3. The molecule has 1 aromatic heterocycles. The molecule has 0 atom stereocenters. The number of aromatic nitrogens is 1. The number of ether oxygens (including phenoxy) is 1. The molecule has 0 aliphatic carbocycles. The van der Waals surface area contributed by atoms with E-state index in [1.54, 1.807) is 12.1 Å². The molecule has 0 saturated carbocycles. The van der Waals surface area contributed by atoms with Gasteiger partial charge in [-0.15, -0.1) is 0 Å². The van der Waals surface area contributed by atoms with E-state index in [1.807, 2.05) is 0 Å². The number of benzene rings is 1. The Morgan fingerprint density at radius 2 is 1.96 bits per heavy atom. The summed E-state index contributed by atoms with van der Waals surface area (Å²) >= 11 is 0. The molecule has 1 N–H and O–H groups in total. The van der Waals surface area contributed by atoms with E-state index >= 15 is 0 Å². The van der Waals surface area contributed by atoms with Crippen molar-refractivity contribution in [2.75, 3.05) is 13.7 Å². The highest BCUT2D eigenvalue weighted by Gasteiger charge is 2.30. The lowest BCUT2D eigenvalue weighted by molar-refractivity contribution is 0.0694. The predicted octanol–water partition coefficient (Wildman–Crippen LogP) is 1.54. The van der Waals surface area contributed by atoms with E-state index in [1.165, 1.54) is 35.9 Å². The molecule has 2 aromatic rings. The van der Waals surface area contributed by atoms with Crippen LogP contribution in [-0.2, 0) is 23.0 Å². The predicted molar refractivity (Wildman–Crippen MR) is 85.5 cm³/mol. The molecular weight excluding hydrogens is 332 g/mol. The van der Waals surface area contributed by atoms with Crippen molar-refractivity contribution in [3.63, 3.8) is 0 Å². The zero-order valence-corrected chi connectivity index (χ0v) is 13.8. The number of pyridine rings is 1. The van der Waals surface area contributed by atoms with E-state index in [-0.39, 0.29) is 23.5 Å². The maximum absolute atomic E-state index is 12.8. The van der Waals surface area contributed by atoms with Crippen molar-refractivity contribution in [3.05, 3.63) is 53.3 Å². The Balaban J connectivity index is 1.91. The number of carboxylic acid groups (broad SMARTS) is 1. The largest absolute Gasteiger partial charge is 0.497 e. The first-order valence-electron chi connectivity index (χ1n) is 7.26. The first-order chi connectivity index (χ1) is 11.4. The van der Waals surface area contributed by atoms with Crippen LogP contribution in [0.1, 0.15) is 21.5 Å². The van der Waals surface area contributed by atoms with Crippen LogP contribution in [0.25, 0.3) is 0 Å². The molecule has 7 nitrogen and oxygen atoms in total. The van der Waals surface area contributed by atoms with Gasteiger partial charge in [-0.3, -0.25) is 4.98 Å². The molecule has 8 heteroatoms. The van der Waals surface area contributed by atoms with Crippen molar-refractivity contribution in [3.8, 4) is 5.75 Å². The molecule has 0 unspecified atom stereocenters. The Morgan fingerprint density at radius 3 is 2.58 bits per heavy atom. The van der Waals surface area contributed by atoms with E-state index < -0.39 is 16.0 Å². The quantitative estimate of drug-likeness (QED) is 0.900. The second-order valence-corrected chi connectivity index (χ2v) is 7.33. The molecular formula is C16H16N2O5S. The Bertz CT molecular complexity index is 878. The number of fused-ring (bicyclic) bond motifs is 1. The molecule has 126 valence electrons. The first kappa shape index (κ1) is 16.4. The SMILES string of the molecule is COc1ccc(S(=O)(=O)N2CCc3c(cncc3C(=O)O)C2)cc1. The highest BCUT2D eigenvalue weighted by molar-refractivity contribution is 7.89. The molecule has 0 amide bonds. The Kier molecular flexibility index (Phi) is 4.25. The smallest absolute Gasteiger partial charge is 0.337 e. The van der Waals surface area contributed by atoms with E-state index in [0.717, 1.165) is 0 Å². The van der Waals surface area contributed by atoms with Crippen LogP contribution in [0.15, 0.2) is 41.6 Å². The van der Waals surface area contributed by atoms with Gasteiger partial charge in [0.25, 0.3) is 0 Å².